The maximum absolute atomic E-state index is 13.2. The third-order valence-corrected chi connectivity index (χ3v) is 5.00. The highest BCUT2D eigenvalue weighted by Crippen LogP contribution is 2.22. The van der Waals surface area contributed by atoms with Gasteiger partial charge in [-0.25, -0.2) is 12.8 Å². The van der Waals surface area contributed by atoms with Crippen LogP contribution in [0.25, 0.3) is 0 Å². The molecule has 2 N–H and O–H groups in total. The van der Waals surface area contributed by atoms with Crippen molar-refractivity contribution in [1.82, 2.24) is 4.31 Å². The molecule has 8 heteroatoms. The van der Waals surface area contributed by atoms with E-state index in [0.717, 1.165) is 12.1 Å². The fourth-order valence-corrected chi connectivity index (χ4v) is 3.54. The summed E-state index contributed by atoms with van der Waals surface area (Å²) < 4.78 is 49.7. The van der Waals surface area contributed by atoms with Crippen molar-refractivity contribution in [2.75, 3.05) is 39.7 Å². The second-order valence-electron chi connectivity index (χ2n) is 4.60. The highest BCUT2D eigenvalue weighted by atomic mass is 32.2. The zero-order chi connectivity index (χ0) is 16.0. The van der Waals surface area contributed by atoms with Crippen LogP contribution < -0.4 is 5.73 Å². The first-order valence-electron chi connectivity index (χ1n) is 6.39. The van der Waals surface area contributed by atoms with Crippen molar-refractivity contribution in [3.63, 3.8) is 0 Å². The standard InChI is InChI=1S/C13H21FN2O4S/c1-10(9-20-3)16(6-7-19-2)21(17,18)11-4-5-12(14)13(15)8-11/h4-5,8,10H,6-7,9,15H2,1-3H3. The van der Waals surface area contributed by atoms with Gasteiger partial charge in [-0.15, -0.1) is 0 Å². The quantitative estimate of drug-likeness (QED) is 0.725. The van der Waals surface area contributed by atoms with E-state index >= 15 is 0 Å². The van der Waals surface area contributed by atoms with Crippen molar-refractivity contribution in [2.45, 2.75) is 17.9 Å². The van der Waals surface area contributed by atoms with Crippen molar-refractivity contribution in [3.05, 3.63) is 24.0 Å². The van der Waals surface area contributed by atoms with Gasteiger partial charge in [-0.2, -0.15) is 4.31 Å². The third-order valence-electron chi connectivity index (χ3n) is 2.99. The van der Waals surface area contributed by atoms with Gasteiger partial charge in [-0.1, -0.05) is 0 Å². The molecule has 0 saturated carbocycles. The van der Waals surface area contributed by atoms with Crippen LogP contribution in [0.2, 0.25) is 0 Å². The minimum absolute atomic E-state index is 0.0551. The van der Waals surface area contributed by atoms with Crippen molar-refractivity contribution >= 4 is 15.7 Å². The van der Waals surface area contributed by atoms with Gasteiger partial charge in [-0.3, -0.25) is 0 Å². The number of nitrogen functional groups attached to an aromatic ring is 1. The summed E-state index contributed by atoms with van der Waals surface area (Å²) in [6, 6.07) is 2.96. The molecule has 1 rings (SSSR count). The molecule has 0 heterocycles. The van der Waals surface area contributed by atoms with E-state index in [0.29, 0.717) is 0 Å². The van der Waals surface area contributed by atoms with Gasteiger partial charge in [0.2, 0.25) is 10.0 Å². The summed E-state index contributed by atoms with van der Waals surface area (Å²) in [6.45, 7) is 2.37. The first-order chi connectivity index (χ1) is 9.84. The van der Waals surface area contributed by atoms with Gasteiger partial charge >= 0.3 is 0 Å². The lowest BCUT2D eigenvalue weighted by atomic mass is 10.3. The summed E-state index contributed by atoms with van der Waals surface area (Å²) in [7, 11) is -0.826. The number of nitrogens with two attached hydrogens (primary N) is 1. The number of rotatable bonds is 8. The zero-order valence-corrected chi connectivity index (χ0v) is 13.2. The molecule has 0 aromatic heterocycles. The molecule has 0 radical (unpaired) electrons. The SMILES string of the molecule is COCCN(C(C)COC)S(=O)(=O)c1ccc(F)c(N)c1. The summed E-state index contributed by atoms with van der Waals surface area (Å²) >= 11 is 0. The Labute approximate surface area is 124 Å². The molecule has 0 bridgehead atoms. The molecule has 0 amide bonds. The number of hydrogen-bond donors (Lipinski definition) is 1. The van der Waals surface area contributed by atoms with Crippen LogP contribution in [-0.4, -0.2) is 52.7 Å². The van der Waals surface area contributed by atoms with E-state index in [1.807, 2.05) is 0 Å². The molecule has 6 nitrogen and oxygen atoms in total. The highest BCUT2D eigenvalue weighted by molar-refractivity contribution is 7.89. The van der Waals surface area contributed by atoms with Crippen LogP contribution in [0.3, 0.4) is 0 Å². The molecule has 1 atom stereocenters. The van der Waals surface area contributed by atoms with Crippen LogP contribution in [0.5, 0.6) is 0 Å². The van der Waals surface area contributed by atoms with Crippen molar-refractivity contribution in [3.8, 4) is 0 Å². The molecule has 21 heavy (non-hydrogen) atoms. The van der Waals surface area contributed by atoms with Gasteiger partial charge in [0.15, 0.2) is 0 Å². The highest BCUT2D eigenvalue weighted by Gasteiger charge is 2.29. The second kappa shape index (κ2) is 7.69. The Morgan fingerprint density at radius 1 is 1.33 bits per heavy atom. The summed E-state index contributed by atoms with van der Waals surface area (Å²) in [5.74, 6) is -0.651. The van der Waals surface area contributed by atoms with Crippen molar-refractivity contribution < 1.29 is 22.3 Å². The van der Waals surface area contributed by atoms with Crippen LogP contribution in [0.4, 0.5) is 10.1 Å². The molecule has 1 aromatic rings. The van der Waals surface area contributed by atoms with E-state index in [4.69, 9.17) is 15.2 Å². The predicted molar refractivity (Wildman–Crippen MR) is 77.9 cm³/mol. The lowest BCUT2D eigenvalue weighted by Crippen LogP contribution is -2.42. The predicted octanol–water partition coefficient (Wildman–Crippen LogP) is 1.08. The minimum Gasteiger partial charge on any atom is -0.396 e. The topological polar surface area (TPSA) is 81.9 Å². The molecule has 120 valence electrons. The average Bonchev–Trinajstić information content (AvgIpc) is 2.42. The Balaban J connectivity index is 3.15. The fraction of sp³-hybridized carbons (Fsp3) is 0.538. The average molecular weight is 320 g/mol. The van der Waals surface area contributed by atoms with Gasteiger partial charge in [-0.05, 0) is 25.1 Å². The van der Waals surface area contributed by atoms with Crippen LogP contribution in [-0.2, 0) is 19.5 Å². The molecule has 0 fully saturated rings. The second-order valence-corrected chi connectivity index (χ2v) is 6.49. The molecule has 0 aliphatic rings. The minimum atomic E-state index is -3.81. The van der Waals surface area contributed by atoms with Crippen molar-refractivity contribution in [2.24, 2.45) is 0 Å². The molecular formula is C13H21FN2O4S. The van der Waals surface area contributed by atoms with E-state index in [9.17, 15) is 12.8 Å². The lowest BCUT2D eigenvalue weighted by molar-refractivity contribution is 0.119. The largest absolute Gasteiger partial charge is 0.396 e. The van der Waals surface area contributed by atoms with Gasteiger partial charge in [0.1, 0.15) is 5.82 Å². The Kier molecular flexibility index (Phi) is 6.53. The van der Waals surface area contributed by atoms with Gasteiger partial charge in [0, 0.05) is 26.8 Å². The molecule has 0 spiro atoms. The summed E-state index contributed by atoms with van der Waals surface area (Å²) in [6.07, 6.45) is 0. The fourth-order valence-electron chi connectivity index (χ4n) is 1.90. The molecule has 1 unspecified atom stereocenters. The molecule has 0 aliphatic heterocycles. The summed E-state index contributed by atoms with van der Waals surface area (Å²) in [5.41, 5.74) is 5.24. The zero-order valence-electron chi connectivity index (χ0n) is 12.4. The van der Waals surface area contributed by atoms with E-state index in [-0.39, 0.29) is 36.4 Å². The lowest BCUT2D eigenvalue weighted by Gasteiger charge is -2.27. The first-order valence-corrected chi connectivity index (χ1v) is 7.83. The van der Waals surface area contributed by atoms with E-state index < -0.39 is 15.8 Å². The van der Waals surface area contributed by atoms with Crippen molar-refractivity contribution in [1.29, 1.82) is 0 Å². The van der Waals surface area contributed by atoms with Crippen LogP contribution >= 0.6 is 0 Å². The third kappa shape index (κ3) is 4.37. The van der Waals surface area contributed by atoms with Crippen LogP contribution in [0.1, 0.15) is 6.92 Å². The Bertz CT molecular complexity index is 565. The number of sulfonamides is 1. The number of hydrogen-bond acceptors (Lipinski definition) is 5. The van der Waals surface area contributed by atoms with Crippen LogP contribution in [0.15, 0.2) is 23.1 Å². The van der Waals surface area contributed by atoms with E-state index in [1.165, 1.54) is 24.6 Å². The monoisotopic (exact) mass is 320 g/mol. The first kappa shape index (κ1) is 17.8. The number of methoxy groups -OCH3 is 2. The van der Waals surface area contributed by atoms with Gasteiger partial charge in [0.25, 0.3) is 0 Å². The number of halogens is 1. The molecule has 0 aliphatic carbocycles. The number of nitrogens with zero attached hydrogens (tertiary/aromatic N) is 1. The molecule has 1 aromatic carbocycles. The van der Waals surface area contributed by atoms with Gasteiger partial charge < -0.3 is 15.2 Å². The smallest absolute Gasteiger partial charge is 0.243 e. The number of anilines is 1. The Morgan fingerprint density at radius 2 is 2.00 bits per heavy atom. The van der Waals surface area contributed by atoms with Crippen LogP contribution in [0, 0.1) is 5.82 Å². The normalized spacial score (nSPS) is 13.6. The summed E-state index contributed by atoms with van der Waals surface area (Å²) in [5, 5.41) is 0. The number of ether oxygens (including phenoxy) is 2. The number of benzene rings is 1. The van der Waals surface area contributed by atoms with Gasteiger partial charge in [0.05, 0.1) is 23.8 Å². The maximum Gasteiger partial charge on any atom is 0.243 e. The molecular weight excluding hydrogens is 299 g/mol. The summed E-state index contributed by atoms with van der Waals surface area (Å²) in [4.78, 5) is -0.0551. The molecule has 0 saturated heterocycles. The Hall–Kier alpha value is -1.22. The van der Waals surface area contributed by atoms with E-state index in [2.05, 4.69) is 0 Å². The maximum atomic E-state index is 13.2. The Morgan fingerprint density at radius 3 is 2.52 bits per heavy atom. The van der Waals surface area contributed by atoms with E-state index in [1.54, 1.807) is 6.92 Å².